The maximum Gasteiger partial charge on any atom is 0.222 e. The Labute approximate surface area is 73.9 Å². The van der Waals surface area contributed by atoms with E-state index in [1.807, 2.05) is 0 Å². The van der Waals surface area contributed by atoms with Crippen LogP contribution in [0.25, 0.3) is 0 Å². The molecular weight excluding hydrogens is 150 g/mol. The molecule has 0 radical (unpaired) electrons. The zero-order valence-corrected chi connectivity index (χ0v) is 7.75. The van der Waals surface area contributed by atoms with Gasteiger partial charge in [0.25, 0.3) is 0 Å². The third-order valence-electron chi connectivity index (χ3n) is 3.41. The lowest BCUT2D eigenvalue weighted by Crippen LogP contribution is -2.40. The van der Waals surface area contributed by atoms with E-state index in [4.69, 9.17) is 0 Å². The van der Waals surface area contributed by atoms with Crippen molar-refractivity contribution >= 4 is 5.91 Å². The molecule has 1 amide bonds. The van der Waals surface area contributed by atoms with Crippen LogP contribution in [0.4, 0.5) is 0 Å². The molecule has 0 N–H and O–H groups in total. The van der Waals surface area contributed by atoms with Crippen molar-refractivity contribution in [3.05, 3.63) is 0 Å². The number of hydrogen-bond acceptors (Lipinski definition) is 1. The number of piperidine rings is 1. The lowest BCUT2D eigenvalue weighted by Gasteiger charge is -2.34. The fourth-order valence-corrected chi connectivity index (χ4v) is 2.54. The van der Waals surface area contributed by atoms with Crippen LogP contribution in [-0.2, 0) is 4.79 Å². The molecule has 0 aromatic heterocycles. The van der Waals surface area contributed by atoms with Crippen molar-refractivity contribution in [1.29, 1.82) is 0 Å². The molecule has 0 saturated carbocycles. The lowest BCUT2D eigenvalue weighted by atomic mass is 9.89. The molecule has 2 heterocycles. The minimum absolute atomic E-state index is 0.398. The smallest absolute Gasteiger partial charge is 0.222 e. The Balaban J connectivity index is 1.99. The summed E-state index contributed by atoms with van der Waals surface area (Å²) in [5, 5.41) is 0. The van der Waals surface area contributed by atoms with Crippen LogP contribution >= 0.6 is 0 Å². The molecule has 2 atom stereocenters. The highest BCUT2D eigenvalue weighted by Gasteiger charge is 2.35. The summed E-state index contributed by atoms with van der Waals surface area (Å²) >= 11 is 0. The van der Waals surface area contributed by atoms with Gasteiger partial charge in [0.1, 0.15) is 0 Å². The summed E-state index contributed by atoms with van der Waals surface area (Å²) in [5.41, 5.74) is 0. The quantitative estimate of drug-likeness (QED) is 0.583. The van der Waals surface area contributed by atoms with Crippen molar-refractivity contribution < 1.29 is 4.79 Å². The number of carbonyl (C=O) groups is 1. The second-order valence-electron chi connectivity index (χ2n) is 4.08. The number of carbonyl (C=O) groups excluding carboxylic acids is 1. The monoisotopic (exact) mass is 167 g/mol. The molecule has 2 saturated heterocycles. The number of fused-ring (bicyclic) bond motifs is 1. The maximum atomic E-state index is 11.3. The van der Waals surface area contributed by atoms with Crippen molar-refractivity contribution in [1.82, 2.24) is 4.90 Å². The average Bonchev–Trinajstić information content (AvgIpc) is 2.47. The Morgan fingerprint density at radius 2 is 2.33 bits per heavy atom. The van der Waals surface area contributed by atoms with Crippen molar-refractivity contribution in [2.75, 3.05) is 6.54 Å². The van der Waals surface area contributed by atoms with Crippen LogP contribution in [0.2, 0.25) is 0 Å². The maximum absolute atomic E-state index is 11.3. The lowest BCUT2D eigenvalue weighted by molar-refractivity contribution is -0.130. The summed E-state index contributed by atoms with van der Waals surface area (Å²) in [6.07, 6.45) is 5.72. The third-order valence-corrected chi connectivity index (χ3v) is 3.41. The molecule has 0 spiro atoms. The van der Waals surface area contributed by atoms with E-state index in [9.17, 15) is 4.79 Å². The average molecular weight is 167 g/mol. The van der Waals surface area contributed by atoms with Crippen molar-refractivity contribution in [3.8, 4) is 0 Å². The Morgan fingerprint density at radius 1 is 1.50 bits per heavy atom. The topological polar surface area (TPSA) is 20.3 Å². The van der Waals surface area contributed by atoms with Gasteiger partial charge in [-0.1, -0.05) is 13.3 Å². The normalized spacial score (nSPS) is 35.4. The molecule has 12 heavy (non-hydrogen) atoms. The molecule has 2 fully saturated rings. The van der Waals surface area contributed by atoms with Crippen LogP contribution in [-0.4, -0.2) is 23.4 Å². The highest BCUT2D eigenvalue weighted by molar-refractivity contribution is 5.78. The molecule has 0 aromatic rings. The molecule has 0 aliphatic carbocycles. The molecule has 2 nitrogen and oxygen atoms in total. The molecule has 2 aliphatic heterocycles. The molecule has 0 unspecified atom stereocenters. The predicted molar refractivity (Wildman–Crippen MR) is 47.8 cm³/mol. The fraction of sp³-hybridized carbons (Fsp3) is 0.900. The van der Waals surface area contributed by atoms with Gasteiger partial charge in [0.05, 0.1) is 0 Å². The summed E-state index contributed by atoms with van der Waals surface area (Å²) in [7, 11) is 0. The summed E-state index contributed by atoms with van der Waals surface area (Å²) in [4.78, 5) is 13.4. The Bertz CT molecular complexity index is 190. The van der Waals surface area contributed by atoms with Gasteiger partial charge in [-0.2, -0.15) is 0 Å². The zero-order valence-electron chi connectivity index (χ0n) is 7.75. The van der Waals surface area contributed by atoms with Gasteiger partial charge in [-0.15, -0.1) is 0 Å². The van der Waals surface area contributed by atoms with Crippen LogP contribution in [0, 0.1) is 5.92 Å². The summed E-state index contributed by atoms with van der Waals surface area (Å²) < 4.78 is 0. The molecular formula is C10H17NO. The third kappa shape index (κ3) is 1.23. The van der Waals surface area contributed by atoms with Gasteiger partial charge >= 0.3 is 0 Å². The zero-order chi connectivity index (χ0) is 8.55. The molecule has 2 rings (SSSR count). The second kappa shape index (κ2) is 3.08. The van der Waals surface area contributed by atoms with Gasteiger partial charge in [0.15, 0.2) is 0 Å². The summed E-state index contributed by atoms with van der Waals surface area (Å²) in [5.74, 6) is 1.28. The molecule has 2 aliphatic rings. The molecule has 0 bridgehead atoms. The second-order valence-corrected chi connectivity index (χ2v) is 4.08. The van der Waals surface area contributed by atoms with Gasteiger partial charge in [-0.25, -0.2) is 0 Å². The number of rotatable bonds is 1. The highest BCUT2D eigenvalue weighted by atomic mass is 16.2. The van der Waals surface area contributed by atoms with E-state index in [1.54, 1.807) is 0 Å². The molecule has 0 aromatic carbocycles. The van der Waals surface area contributed by atoms with E-state index >= 15 is 0 Å². The first-order valence-electron chi connectivity index (χ1n) is 5.10. The Morgan fingerprint density at radius 3 is 3.08 bits per heavy atom. The minimum Gasteiger partial charge on any atom is -0.340 e. The Hall–Kier alpha value is -0.530. The SMILES string of the molecule is CC[C@@H]1CCN2C(=O)CC[C@@H]2C1. The minimum atomic E-state index is 0.398. The Kier molecular flexibility index (Phi) is 2.07. The van der Waals surface area contributed by atoms with Crippen LogP contribution in [0.15, 0.2) is 0 Å². The van der Waals surface area contributed by atoms with Gasteiger partial charge in [0, 0.05) is 19.0 Å². The van der Waals surface area contributed by atoms with E-state index in [2.05, 4.69) is 11.8 Å². The van der Waals surface area contributed by atoms with Crippen LogP contribution in [0.5, 0.6) is 0 Å². The van der Waals surface area contributed by atoms with E-state index in [0.29, 0.717) is 11.9 Å². The molecule has 2 heteroatoms. The van der Waals surface area contributed by atoms with E-state index in [1.165, 1.54) is 19.3 Å². The van der Waals surface area contributed by atoms with Crippen LogP contribution in [0.3, 0.4) is 0 Å². The number of hydrogen-bond donors (Lipinski definition) is 0. The van der Waals surface area contributed by atoms with Crippen molar-refractivity contribution in [2.24, 2.45) is 5.92 Å². The predicted octanol–water partition coefficient (Wildman–Crippen LogP) is 1.80. The van der Waals surface area contributed by atoms with Gasteiger partial charge in [0.2, 0.25) is 5.91 Å². The van der Waals surface area contributed by atoms with E-state index in [-0.39, 0.29) is 0 Å². The standard InChI is InChI=1S/C10H17NO/c1-2-8-5-6-11-9(7-8)3-4-10(11)12/h8-9H,2-7H2,1H3/t8-,9-/m1/s1. The highest BCUT2D eigenvalue weighted by Crippen LogP contribution is 2.32. The van der Waals surface area contributed by atoms with Crippen molar-refractivity contribution in [3.63, 3.8) is 0 Å². The summed E-state index contributed by atoms with van der Waals surface area (Å²) in [6, 6.07) is 0.608. The van der Waals surface area contributed by atoms with E-state index in [0.717, 1.165) is 25.3 Å². The first kappa shape index (κ1) is 8.09. The summed E-state index contributed by atoms with van der Waals surface area (Å²) in [6.45, 7) is 3.29. The van der Waals surface area contributed by atoms with Gasteiger partial charge < -0.3 is 4.90 Å². The van der Waals surface area contributed by atoms with Crippen molar-refractivity contribution in [2.45, 2.75) is 45.1 Å². The fourth-order valence-electron chi connectivity index (χ4n) is 2.54. The molecule has 68 valence electrons. The number of amides is 1. The number of nitrogens with zero attached hydrogens (tertiary/aromatic N) is 1. The van der Waals surface area contributed by atoms with Crippen LogP contribution < -0.4 is 0 Å². The first-order chi connectivity index (χ1) is 5.81. The largest absolute Gasteiger partial charge is 0.340 e. The van der Waals surface area contributed by atoms with Crippen LogP contribution in [0.1, 0.15) is 39.0 Å². The van der Waals surface area contributed by atoms with Gasteiger partial charge in [-0.05, 0) is 25.2 Å². The first-order valence-corrected chi connectivity index (χ1v) is 5.10. The van der Waals surface area contributed by atoms with Gasteiger partial charge in [-0.3, -0.25) is 4.79 Å². The van der Waals surface area contributed by atoms with E-state index < -0.39 is 0 Å².